The molecule has 0 spiro atoms. The number of nitrogens with one attached hydrogen (secondary N) is 16. The molecular formula is C84H140N24O23S2. The average Bonchev–Trinajstić information content (AvgIpc) is 1.36. The minimum absolute atomic E-state index is 0.0115. The van der Waals surface area contributed by atoms with Crippen LogP contribution in [0.1, 0.15) is 157 Å². The second-order valence-corrected chi connectivity index (χ2v) is 35.8. The molecule has 47 nitrogen and oxygen atoms in total. The van der Waals surface area contributed by atoms with E-state index in [1.165, 1.54) is 62.4 Å². The van der Waals surface area contributed by atoms with Crippen LogP contribution in [0.2, 0.25) is 0 Å². The summed E-state index contributed by atoms with van der Waals surface area (Å²) in [7, 11) is 0. The van der Waals surface area contributed by atoms with Gasteiger partial charge in [0.15, 0.2) is 5.96 Å². The first-order valence-electron chi connectivity index (χ1n) is 44.0. The molecule has 0 unspecified atom stereocenters. The number of amides is 16. The number of likely N-dealkylation sites (tertiary alicyclic amines) is 1. The molecule has 746 valence electrons. The van der Waals surface area contributed by atoms with Crippen molar-refractivity contribution in [3.63, 3.8) is 0 Å². The van der Waals surface area contributed by atoms with E-state index in [1.54, 1.807) is 41.5 Å². The highest BCUT2D eigenvalue weighted by molar-refractivity contribution is 7.81. The molecule has 3 rings (SSSR count). The summed E-state index contributed by atoms with van der Waals surface area (Å²) in [6.07, 6.45) is -7.16. The Morgan fingerprint density at radius 2 is 0.857 bits per heavy atom. The van der Waals surface area contributed by atoms with Crippen molar-refractivity contribution in [3.05, 3.63) is 59.7 Å². The molecule has 0 aromatic heterocycles. The van der Waals surface area contributed by atoms with Gasteiger partial charge in [0.1, 0.15) is 102 Å². The van der Waals surface area contributed by atoms with Crippen LogP contribution in [0.4, 0.5) is 0 Å². The molecule has 1 heterocycles. The molecule has 36 N–H and O–H groups in total. The topological polar surface area (TPSA) is 801 Å². The zero-order valence-corrected chi connectivity index (χ0v) is 78.5. The minimum atomic E-state index is -2.01. The molecule has 2 aromatic rings. The fourth-order valence-electron chi connectivity index (χ4n) is 13.8. The van der Waals surface area contributed by atoms with Crippen molar-refractivity contribution in [1.82, 2.24) is 84.7 Å². The third kappa shape index (κ3) is 39.4. The number of rotatable bonds is 59. The summed E-state index contributed by atoms with van der Waals surface area (Å²) < 4.78 is -1.64. The van der Waals surface area contributed by atoms with Crippen LogP contribution in [0.25, 0.3) is 0 Å². The average molecular weight is 1920 g/mol. The number of benzene rings is 2. The van der Waals surface area contributed by atoms with Crippen molar-refractivity contribution >= 4 is 132 Å². The normalized spacial score (nSPS) is 17.2. The molecule has 2 aromatic carbocycles. The van der Waals surface area contributed by atoms with Gasteiger partial charge in [-0.25, -0.2) is 4.79 Å². The molecule has 49 heteroatoms. The lowest BCUT2D eigenvalue weighted by Gasteiger charge is -2.33. The van der Waals surface area contributed by atoms with Crippen molar-refractivity contribution in [2.45, 2.75) is 279 Å². The van der Waals surface area contributed by atoms with Gasteiger partial charge in [0.05, 0.1) is 30.8 Å². The molecule has 1 saturated heterocycles. The molecule has 20 atom stereocenters. The number of carboxylic acid groups (broad SMARTS) is 1. The van der Waals surface area contributed by atoms with Crippen molar-refractivity contribution in [3.8, 4) is 11.5 Å². The Hall–Kier alpha value is -11.3. The van der Waals surface area contributed by atoms with Crippen molar-refractivity contribution < 1.29 is 112 Å². The summed E-state index contributed by atoms with van der Waals surface area (Å²) in [6.45, 7) is 14.1. The number of hydrogen-bond donors (Lipinski definition) is 31. The van der Waals surface area contributed by atoms with Gasteiger partial charge in [-0.3, -0.25) is 82.1 Å². The van der Waals surface area contributed by atoms with Crippen LogP contribution in [0.3, 0.4) is 0 Å². The highest BCUT2D eigenvalue weighted by Crippen LogP contribution is 2.24. The first-order chi connectivity index (χ1) is 62.4. The van der Waals surface area contributed by atoms with Gasteiger partial charge in [0.25, 0.3) is 0 Å². The van der Waals surface area contributed by atoms with Gasteiger partial charge in [0, 0.05) is 42.9 Å². The number of primary amides is 1. The maximum absolute atomic E-state index is 14.8. The molecule has 133 heavy (non-hydrogen) atoms. The number of β-amino-alcohol motifs (C(OH)–C–C–N with tert-alkyl or cyclic N) is 1. The van der Waals surface area contributed by atoms with E-state index in [1.807, 2.05) is 0 Å². The van der Waals surface area contributed by atoms with Crippen LogP contribution in [0, 0.1) is 23.2 Å². The van der Waals surface area contributed by atoms with E-state index in [0.717, 1.165) is 18.7 Å². The van der Waals surface area contributed by atoms with Crippen molar-refractivity contribution in [2.75, 3.05) is 45.0 Å². The maximum atomic E-state index is 14.8. The quantitative estimate of drug-likeness (QED) is 0.0127. The van der Waals surface area contributed by atoms with Crippen LogP contribution in [0.15, 0.2) is 48.5 Å². The lowest BCUT2D eigenvalue weighted by molar-refractivity contribution is -0.142. The zero-order valence-electron chi connectivity index (χ0n) is 76.7. The molecule has 0 bridgehead atoms. The number of carbonyl (C=O) groups is 17. The number of carboxylic acids is 1. The fraction of sp³-hybridized carbons (Fsp3) is 0.643. The first-order valence-corrected chi connectivity index (χ1v) is 45.1. The second kappa shape index (κ2) is 57.3. The molecule has 0 radical (unpaired) electrons. The van der Waals surface area contributed by atoms with Gasteiger partial charge >= 0.3 is 5.97 Å². The number of unbranched alkanes of at least 4 members (excludes halogenated alkanes) is 1. The highest BCUT2D eigenvalue weighted by Gasteiger charge is 2.46. The first kappa shape index (κ1) is 116. The van der Waals surface area contributed by atoms with Gasteiger partial charge in [-0.1, -0.05) is 72.2 Å². The SMILES string of the molecule is CC[C@H](C)[C@H](NC(=O)[C@@H]1C[C@@H](O)CN1C(=O)[C@@H](N)C(C)C)C(=O)N[C@H](C(=O)N[C@@H](Cc1ccc(O)cc1)C(=O)N[C@H](C(=O)N[C@@H](CC(N)=O)C(=O)N[C@@H](CCCNC(=N)N)C(=O)N[C@@H](CCN)C(=O)N[C@H](C(=O)N[C@H](CCN)C(=O)N[C@@H](CCCCN)C(=O)N[C@@H](CS)C(=O)N[C@@H](CCN)C(=O)N[C@@H](CC(C)C)C(=O)N[C@@H](Cc1ccc(O)cc1)C(=O)O)[C@@H](C)O)C(C)(C)S)[C@@H](C)O. The van der Waals surface area contributed by atoms with Crippen LogP contribution in [-0.4, -0.2) is 307 Å². The number of aliphatic carboxylic acids is 1. The molecule has 1 fully saturated rings. The second-order valence-electron chi connectivity index (χ2n) is 34.3. The predicted molar refractivity (Wildman–Crippen MR) is 493 cm³/mol. The number of phenolic OH excluding ortho intramolecular Hbond substituents is 2. The lowest BCUT2D eigenvalue weighted by atomic mass is 9.96. The summed E-state index contributed by atoms with van der Waals surface area (Å²) in [5.41, 5.74) is 41.6. The summed E-state index contributed by atoms with van der Waals surface area (Å²) >= 11 is 8.86. The Balaban J connectivity index is 1.92. The summed E-state index contributed by atoms with van der Waals surface area (Å²) in [6, 6.07) is -14.6. The highest BCUT2D eigenvalue weighted by atomic mass is 32.1. The minimum Gasteiger partial charge on any atom is -0.508 e. The Morgan fingerprint density at radius 3 is 1.27 bits per heavy atom. The van der Waals surface area contributed by atoms with Crippen LogP contribution < -0.4 is 120 Å². The predicted octanol–water partition coefficient (Wildman–Crippen LogP) is -8.49. The summed E-state index contributed by atoms with van der Waals surface area (Å²) in [4.78, 5) is 240. The third-order valence-electron chi connectivity index (χ3n) is 21.7. The summed E-state index contributed by atoms with van der Waals surface area (Å²) in [5.74, 6) is -20.6. The molecule has 16 amide bonds. The molecule has 1 aliphatic heterocycles. The van der Waals surface area contributed by atoms with E-state index in [-0.39, 0.29) is 127 Å². The van der Waals surface area contributed by atoms with Gasteiger partial charge in [-0.15, -0.1) is 0 Å². The van der Waals surface area contributed by atoms with Crippen LogP contribution in [-0.2, 0) is 94.3 Å². The third-order valence-corrected chi connectivity index (χ3v) is 22.3. The maximum Gasteiger partial charge on any atom is 0.326 e. The van der Waals surface area contributed by atoms with Gasteiger partial charge in [-0.2, -0.15) is 25.3 Å². The zero-order chi connectivity index (χ0) is 101. The summed E-state index contributed by atoms with van der Waals surface area (Å²) in [5, 5.41) is 108. The van der Waals surface area contributed by atoms with E-state index in [2.05, 4.69) is 105 Å². The van der Waals surface area contributed by atoms with E-state index < -0.39 is 257 Å². The van der Waals surface area contributed by atoms with Crippen molar-refractivity contribution in [1.29, 1.82) is 5.41 Å². The number of aromatic hydroxyl groups is 2. The van der Waals surface area contributed by atoms with E-state index in [9.17, 15) is 112 Å². The number of nitrogens with two attached hydrogens (primary N) is 7. The standard InChI is InChI=1S/C84H140N24O23S2/c1-11-42(6)63(104-76(124)60-36-49(113)38-108(60)81(129)62(90)41(4)5)77(125)106-65(44(8)110)79(127)100-56(34-45-17-21-47(111)22-18-45)74(122)107-66(84(9,10)133)80(128)101-57(37-61(89)114)73(121)95-51(16-14-32-93-83(91)92)67(115)96-54(27-31-88)71(119)105-64(43(7)109)78(126)98-53(26-30-87)69(117)94-50(15-12-13-28-85)68(116)103-59(39-132)75(123)97-52(25-29-86)70(118)99-55(33-40(2)3)72(120)102-58(82(130)131)35-46-19-23-48(112)24-20-46/h17-24,40-44,49-60,62-66,109-113,132-133H,11-16,25-39,85-88,90H2,1-10H3,(H2,89,114)(H,94,117)(H,95,121)(H,96,115)(H,97,123)(H,98,126)(H,99,118)(H,100,127)(H,101,128)(H,102,120)(H,103,116)(H,104,124)(H,105,119)(H,106,125)(H,107,122)(H,130,131)(H4,91,92,93)/t42-,43+,44+,49+,50-,51-,52-,53+,54-,55-,56-,57-,58-,59-,60-,62-,63-,64-,65-,66+/m0/s1. The number of aliphatic hydroxyl groups is 3. The van der Waals surface area contributed by atoms with Crippen molar-refractivity contribution in [2.24, 2.45) is 57.9 Å². The number of carbonyl (C=O) groups excluding carboxylic acids is 16. The Bertz CT molecular complexity index is 4250. The fourth-order valence-corrected chi connectivity index (χ4v) is 14.3. The molecule has 0 aliphatic carbocycles. The number of guanidine groups is 1. The Labute approximate surface area is 783 Å². The van der Waals surface area contributed by atoms with Gasteiger partial charge in [-0.05, 0) is 165 Å². The molecule has 0 saturated carbocycles. The Kier molecular flexibility index (Phi) is 49.9. The van der Waals surface area contributed by atoms with Gasteiger partial charge < -0.3 is 155 Å². The largest absolute Gasteiger partial charge is 0.508 e. The van der Waals surface area contributed by atoms with Gasteiger partial charge in [0.2, 0.25) is 94.5 Å². The smallest absolute Gasteiger partial charge is 0.326 e. The lowest BCUT2D eigenvalue weighted by Crippen LogP contribution is -2.64. The van der Waals surface area contributed by atoms with Crippen LogP contribution >= 0.6 is 25.3 Å². The Morgan fingerprint density at radius 1 is 0.481 bits per heavy atom. The monoisotopic (exact) mass is 1920 g/mol. The molecular weight excluding hydrogens is 1780 g/mol. The number of nitrogens with zero attached hydrogens (tertiary/aromatic N) is 1. The van der Waals surface area contributed by atoms with Crippen LogP contribution in [0.5, 0.6) is 11.5 Å². The molecule has 1 aliphatic rings. The van der Waals surface area contributed by atoms with E-state index in [0.29, 0.717) is 17.5 Å². The number of hydrogen-bond acceptors (Lipinski definition) is 30. The van der Waals surface area contributed by atoms with E-state index in [4.69, 9.17) is 45.5 Å². The number of thiol groups is 2. The number of aliphatic hydroxyl groups excluding tert-OH is 3. The van der Waals surface area contributed by atoms with E-state index >= 15 is 0 Å². The number of phenols is 2.